The van der Waals surface area contributed by atoms with E-state index in [-0.39, 0.29) is 5.82 Å². The number of ether oxygens (including phenoxy) is 1. The zero-order valence-electron chi connectivity index (χ0n) is 11.4. The summed E-state index contributed by atoms with van der Waals surface area (Å²) in [5, 5.41) is 0. The van der Waals surface area contributed by atoms with Crippen molar-refractivity contribution >= 4 is 0 Å². The summed E-state index contributed by atoms with van der Waals surface area (Å²) in [6, 6.07) is 4.50. The first-order valence-corrected chi connectivity index (χ1v) is 6.71. The van der Waals surface area contributed by atoms with Crippen LogP contribution >= 0.6 is 0 Å². The van der Waals surface area contributed by atoms with Crippen molar-refractivity contribution in [1.29, 1.82) is 0 Å². The lowest BCUT2D eigenvalue weighted by atomic mass is 10.2. The van der Waals surface area contributed by atoms with Crippen molar-refractivity contribution < 1.29 is 9.13 Å². The van der Waals surface area contributed by atoms with E-state index in [1.807, 2.05) is 0 Å². The quantitative estimate of drug-likeness (QED) is 0.861. The van der Waals surface area contributed by atoms with E-state index >= 15 is 0 Å². The van der Waals surface area contributed by atoms with Gasteiger partial charge in [-0.2, -0.15) is 0 Å². The summed E-state index contributed by atoms with van der Waals surface area (Å²) in [5.74, 6) is 0.421. The maximum atomic E-state index is 13.1. The minimum absolute atomic E-state index is 0.271. The molecule has 1 aromatic carbocycles. The van der Waals surface area contributed by atoms with Gasteiger partial charge in [0.2, 0.25) is 0 Å². The van der Waals surface area contributed by atoms with Gasteiger partial charge in [0, 0.05) is 44.8 Å². The van der Waals surface area contributed by atoms with Gasteiger partial charge in [0.1, 0.15) is 18.2 Å². The fourth-order valence-corrected chi connectivity index (χ4v) is 2.20. The smallest absolute Gasteiger partial charge is 0.124 e. The SMILES string of the molecule is CN1CCN(CCOc2ccc(F)cc2CN)CC1. The predicted molar refractivity (Wildman–Crippen MR) is 73.7 cm³/mol. The number of halogens is 1. The maximum absolute atomic E-state index is 13.1. The van der Waals surface area contributed by atoms with Gasteiger partial charge in [-0.25, -0.2) is 4.39 Å². The molecule has 106 valence electrons. The van der Waals surface area contributed by atoms with Gasteiger partial charge in [-0.3, -0.25) is 4.90 Å². The Morgan fingerprint density at radius 1 is 1.26 bits per heavy atom. The van der Waals surface area contributed by atoms with Crippen molar-refractivity contribution in [2.45, 2.75) is 6.54 Å². The van der Waals surface area contributed by atoms with Crippen molar-refractivity contribution in [2.24, 2.45) is 5.73 Å². The van der Waals surface area contributed by atoms with Gasteiger partial charge in [-0.05, 0) is 25.2 Å². The first-order valence-electron chi connectivity index (χ1n) is 6.71. The molecule has 1 heterocycles. The van der Waals surface area contributed by atoms with Gasteiger partial charge in [0.15, 0.2) is 0 Å². The highest BCUT2D eigenvalue weighted by atomic mass is 19.1. The van der Waals surface area contributed by atoms with E-state index in [0.29, 0.717) is 18.9 Å². The molecule has 2 N–H and O–H groups in total. The number of nitrogens with zero attached hydrogens (tertiary/aromatic N) is 2. The molecule has 0 atom stereocenters. The molecule has 0 radical (unpaired) electrons. The highest BCUT2D eigenvalue weighted by Gasteiger charge is 2.13. The van der Waals surface area contributed by atoms with Crippen LogP contribution in [0.1, 0.15) is 5.56 Å². The average molecular weight is 267 g/mol. The van der Waals surface area contributed by atoms with Crippen LogP contribution in [0.15, 0.2) is 18.2 Å². The lowest BCUT2D eigenvalue weighted by Gasteiger charge is -2.32. The zero-order valence-corrected chi connectivity index (χ0v) is 11.4. The van der Waals surface area contributed by atoms with E-state index < -0.39 is 0 Å². The summed E-state index contributed by atoms with van der Waals surface area (Å²) in [6.45, 7) is 6.16. The fourth-order valence-electron chi connectivity index (χ4n) is 2.20. The highest BCUT2D eigenvalue weighted by molar-refractivity contribution is 5.33. The van der Waals surface area contributed by atoms with Crippen molar-refractivity contribution in [3.8, 4) is 5.75 Å². The lowest BCUT2D eigenvalue weighted by molar-refractivity contribution is 0.133. The second-order valence-corrected chi connectivity index (χ2v) is 4.95. The Balaban J connectivity index is 1.79. The second-order valence-electron chi connectivity index (χ2n) is 4.95. The molecular formula is C14H22FN3O. The number of hydrogen-bond donors (Lipinski definition) is 1. The minimum atomic E-state index is -0.271. The first kappa shape index (κ1) is 14.2. The molecule has 1 aliphatic rings. The monoisotopic (exact) mass is 267 g/mol. The molecule has 0 unspecified atom stereocenters. The third kappa shape index (κ3) is 4.16. The van der Waals surface area contributed by atoms with Crippen molar-refractivity contribution in [3.05, 3.63) is 29.6 Å². The van der Waals surface area contributed by atoms with E-state index in [4.69, 9.17) is 10.5 Å². The van der Waals surface area contributed by atoms with E-state index in [2.05, 4.69) is 16.8 Å². The lowest BCUT2D eigenvalue weighted by Crippen LogP contribution is -2.45. The predicted octanol–water partition coefficient (Wildman–Crippen LogP) is 0.911. The number of benzene rings is 1. The van der Waals surface area contributed by atoms with Crippen molar-refractivity contribution in [1.82, 2.24) is 9.80 Å². The van der Waals surface area contributed by atoms with Crippen molar-refractivity contribution in [3.63, 3.8) is 0 Å². The number of likely N-dealkylation sites (N-methyl/N-ethyl adjacent to an activating group) is 1. The van der Waals surface area contributed by atoms with Gasteiger partial charge < -0.3 is 15.4 Å². The number of nitrogens with two attached hydrogens (primary N) is 1. The normalized spacial score (nSPS) is 17.6. The molecule has 0 aromatic heterocycles. The Morgan fingerprint density at radius 3 is 2.68 bits per heavy atom. The number of rotatable bonds is 5. The largest absolute Gasteiger partial charge is 0.492 e. The molecule has 0 saturated carbocycles. The molecule has 4 nitrogen and oxygen atoms in total. The Morgan fingerprint density at radius 2 is 2.00 bits per heavy atom. The van der Waals surface area contributed by atoms with Crippen LogP contribution in [0.5, 0.6) is 5.75 Å². The second kappa shape index (κ2) is 6.84. The van der Waals surface area contributed by atoms with Crippen molar-refractivity contribution in [2.75, 3.05) is 46.4 Å². The molecule has 0 amide bonds. The Bertz CT molecular complexity index is 406. The van der Waals surface area contributed by atoms with Gasteiger partial charge in [-0.15, -0.1) is 0 Å². The molecular weight excluding hydrogens is 245 g/mol. The van der Waals surface area contributed by atoms with Gasteiger partial charge >= 0.3 is 0 Å². The standard InChI is InChI=1S/C14H22FN3O/c1-17-4-6-18(7-5-17)8-9-19-14-3-2-13(15)10-12(14)11-16/h2-3,10H,4-9,11,16H2,1H3. The van der Waals surface area contributed by atoms with E-state index in [0.717, 1.165) is 38.3 Å². The Kier molecular flexibility index (Phi) is 5.13. The maximum Gasteiger partial charge on any atom is 0.124 e. The Hall–Kier alpha value is -1.17. The summed E-state index contributed by atoms with van der Waals surface area (Å²) in [7, 11) is 2.14. The minimum Gasteiger partial charge on any atom is -0.492 e. The van der Waals surface area contributed by atoms with Gasteiger partial charge in [-0.1, -0.05) is 0 Å². The highest BCUT2D eigenvalue weighted by Crippen LogP contribution is 2.19. The summed E-state index contributed by atoms with van der Waals surface area (Å²) in [4.78, 5) is 4.70. The summed E-state index contributed by atoms with van der Waals surface area (Å²) in [6.07, 6.45) is 0. The van der Waals surface area contributed by atoms with Crippen LogP contribution in [-0.4, -0.2) is 56.2 Å². The molecule has 0 bridgehead atoms. The van der Waals surface area contributed by atoms with E-state index in [9.17, 15) is 4.39 Å². The molecule has 0 aliphatic carbocycles. The van der Waals surface area contributed by atoms with Crippen LogP contribution in [0.4, 0.5) is 4.39 Å². The van der Waals surface area contributed by atoms with Gasteiger partial charge in [0.25, 0.3) is 0 Å². The summed E-state index contributed by atoms with van der Waals surface area (Å²) >= 11 is 0. The molecule has 1 aromatic rings. The molecule has 19 heavy (non-hydrogen) atoms. The molecule has 0 spiro atoms. The summed E-state index contributed by atoms with van der Waals surface area (Å²) < 4.78 is 18.8. The van der Waals surface area contributed by atoms with Crippen LogP contribution in [0, 0.1) is 5.82 Å². The molecule has 2 rings (SSSR count). The van der Waals surface area contributed by atoms with Crippen LogP contribution in [0.3, 0.4) is 0 Å². The molecule has 5 heteroatoms. The van der Waals surface area contributed by atoms with Gasteiger partial charge in [0.05, 0.1) is 0 Å². The number of piperazine rings is 1. The number of hydrogen-bond acceptors (Lipinski definition) is 4. The summed E-state index contributed by atoms with van der Waals surface area (Å²) in [5.41, 5.74) is 6.31. The average Bonchev–Trinajstić information content (AvgIpc) is 2.42. The molecule has 1 aliphatic heterocycles. The topological polar surface area (TPSA) is 41.7 Å². The fraction of sp³-hybridized carbons (Fsp3) is 0.571. The van der Waals surface area contributed by atoms with E-state index in [1.165, 1.54) is 12.1 Å². The van der Waals surface area contributed by atoms with Crippen LogP contribution in [0.25, 0.3) is 0 Å². The van der Waals surface area contributed by atoms with E-state index in [1.54, 1.807) is 6.07 Å². The third-order valence-corrected chi connectivity index (χ3v) is 3.50. The van der Waals surface area contributed by atoms with Crippen LogP contribution in [0.2, 0.25) is 0 Å². The van der Waals surface area contributed by atoms with Crippen LogP contribution in [-0.2, 0) is 6.54 Å². The zero-order chi connectivity index (χ0) is 13.7. The first-order chi connectivity index (χ1) is 9.19. The molecule has 1 fully saturated rings. The third-order valence-electron chi connectivity index (χ3n) is 3.50. The molecule has 1 saturated heterocycles. The Labute approximate surface area is 113 Å². The van der Waals surface area contributed by atoms with Crippen LogP contribution < -0.4 is 10.5 Å².